The van der Waals surface area contributed by atoms with Crippen LogP contribution in [0.25, 0.3) is 0 Å². The first-order chi connectivity index (χ1) is 13.1. The predicted octanol–water partition coefficient (Wildman–Crippen LogP) is 3.38. The number of non-ortho nitro benzene ring substituents is 1. The number of carboxylic acids is 1. The lowest BCUT2D eigenvalue weighted by Gasteiger charge is -2.08. The molecular formula is C16H15N3O9. The maximum atomic E-state index is 10.7. The van der Waals surface area contributed by atoms with E-state index in [-0.39, 0.29) is 5.92 Å². The van der Waals surface area contributed by atoms with Gasteiger partial charge in [-0.15, -0.1) is 0 Å². The molecule has 12 nitrogen and oxygen atoms in total. The van der Waals surface area contributed by atoms with Crippen LogP contribution in [0.1, 0.15) is 24.8 Å². The molecule has 2 aromatic rings. The number of phenolic OH excluding ortho intramolecular Hbond substituents is 1. The van der Waals surface area contributed by atoms with Crippen LogP contribution in [0.5, 0.6) is 5.75 Å². The van der Waals surface area contributed by atoms with Crippen molar-refractivity contribution in [1.82, 2.24) is 0 Å². The fraction of sp³-hybridized carbons (Fsp3) is 0.188. The highest BCUT2D eigenvalue weighted by molar-refractivity contribution is 5.75. The molecule has 0 saturated heterocycles. The summed E-state index contributed by atoms with van der Waals surface area (Å²) in [5.41, 5.74) is -2.12. The maximum Gasteiger partial charge on any atom is 0.324 e. The Morgan fingerprint density at radius 1 is 0.964 bits per heavy atom. The largest absolute Gasteiger partial charge is 0.497 e. The first-order valence-corrected chi connectivity index (χ1v) is 7.68. The van der Waals surface area contributed by atoms with Gasteiger partial charge in [0.15, 0.2) is 0 Å². The Morgan fingerprint density at radius 2 is 1.43 bits per heavy atom. The fourth-order valence-corrected chi connectivity index (χ4v) is 2.21. The Balaban J connectivity index is 0.000000292. The molecule has 0 amide bonds. The molecular weight excluding hydrogens is 378 g/mol. The van der Waals surface area contributed by atoms with Crippen LogP contribution in [-0.4, -0.2) is 31.0 Å². The summed E-state index contributed by atoms with van der Waals surface area (Å²) in [4.78, 5) is 38.5. The van der Waals surface area contributed by atoms with Gasteiger partial charge in [0, 0.05) is 0 Å². The number of aromatic hydroxyl groups is 1. The molecule has 0 aliphatic rings. The van der Waals surface area contributed by atoms with E-state index in [4.69, 9.17) is 10.2 Å². The number of nitro groups is 3. The predicted molar refractivity (Wildman–Crippen MR) is 95.2 cm³/mol. The van der Waals surface area contributed by atoms with Crippen molar-refractivity contribution < 1.29 is 29.8 Å². The van der Waals surface area contributed by atoms with E-state index < -0.39 is 43.6 Å². The number of aliphatic carboxylic acids is 1. The van der Waals surface area contributed by atoms with Crippen molar-refractivity contribution >= 4 is 23.0 Å². The van der Waals surface area contributed by atoms with Gasteiger partial charge in [0.25, 0.3) is 11.4 Å². The average Bonchev–Trinajstić information content (AvgIpc) is 2.63. The standard InChI is InChI=1S/C10H12O2.C6H3N3O7/c1-2-9(10(11)12)8-6-4-3-5-7-8;10-6-4(8(13)14)1-3(7(11)12)2-5(6)9(15)16/h3-7,9H,2H2,1H3,(H,11,12);1-2,10H. The number of hydrogen-bond donors (Lipinski definition) is 2. The summed E-state index contributed by atoms with van der Waals surface area (Å²) in [6, 6.07) is 10.2. The Hall–Kier alpha value is -4.09. The second-order valence-corrected chi connectivity index (χ2v) is 5.31. The van der Waals surface area contributed by atoms with E-state index in [0.717, 1.165) is 5.56 Å². The van der Waals surface area contributed by atoms with Gasteiger partial charge in [-0.25, -0.2) is 0 Å². The average molecular weight is 393 g/mol. The summed E-state index contributed by atoms with van der Waals surface area (Å²) >= 11 is 0. The molecule has 0 radical (unpaired) electrons. The molecule has 2 N–H and O–H groups in total. The second-order valence-electron chi connectivity index (χ2n) is 5.31. The summed E-state index contributed by atoms with van der Waals surface area (Å²) in [6.45, 7) is 1.88. The zero-order valence-electron chi connectivity index (χ0n) is 14.4. The van der Waals surface area contributed by atoms with Crippen molar-refractivity contribution in [3.8, 4) is 5.75 Å². The molecule has 2 rings (SSSR count). The molecule has 0 bridgehead atoms. The number of carbonyl (C=O) groups is 1. The second kappa shape index (κ2) is 9.56. The van der Waals surface area contributed by atoms with Gasteiger partial charge in [-0.05, 0) is 12.0 Å². The monoisotopic (exact) mass is 393 g/mol. The van der Waals surface area contributed by atoms with Crippen molar-refractivity contribution in [3.05, 3.63) is 78.4 Å². The summed E-state index contributed by atoms with van der Waals surface area (Å²) in [5, 5.41) is 49.0. The lowest BCUT2D eigenvalue weighted by molar-refractivity contribution is -0.404. The van der Waals surface area contributed by atoms with Crippen LogP contribution in [0.2, 0.25) is 0 Å². The quantitative estimate of drug-likeness (QED) is 0.547. The van der Waals surface area contributed by atoms with Gasteiger partial charge < -0.3 is 10.2 Å². The smallest absolute Gasteiger partial charge is 0.324 e. The van der Waals surface area contributed by atoms with Gasteiger partial charge in [-0.2, -0.15) is 0 Å². The molecule has 148 valence electrons. The number of hydrogen-bond acceptors (Lipinski definition) is 8. The number of rotatable bonds is 6. The highest BCUT2D eigenvalue weighted by Crippen LogP contribution is 2.38. The molecule has 0 saturated carbocycles. The third kappa shape index (κ3) is 5.45. The zero-order valence-corrected chi connectivity index (χ0v) is 14.4. The zero-order chi connectivity index (χ0) is 21.4. The van der Waals surface area contributed by atoms with E-state index in [9.17, 15) is 35.1 Å². The summed E-state index contributed by atoms with van der Waals surface area (Å²) in [7, 11) is 0. The lowest BCUT2D eigenvalue weighted by Crippen LogP contribution is -2.09. The van der Waals surface area contributed by atoms with Crippen molar-refractivity contribution in [3.63, 3.8) is 0 Å². The normalized spacial score (nSPS) is 10.9. The molecule has 0 spiro atoms. The van der Waals surface area contributed by atoms with Gasteiger partial charge >= 0.3 is 17.3 Å². The number of nitro benzene ring substituents is 3. The first kappa shape index (κ1) is 22.0. The van der Waals surface area contributed by atoms with Crippen LogP contribution in [0.15, 0.2) is 42.5 Å². The Kier molecular flexibility index (Phi) is 7.50. The lowest BCUT2D eigenvalue weighted by atomic mass is 9.97. The van der Waals surface area contributed by atoms with Crippen molar-refractivity contribution in [1.29, 1.82) is 0 Å². The SMILES string of the molecule is CCC(C(=O)O)c1ccccc1.O=[N+]([O-])c1cc([N+](=O)[O-])c(O)c([N+](=O)[O-])c1. The van der Waals surface area contributed by atoms with E-state index in [0.29, 0.717) is 18.6 Å². The molecule has 0 aliphatic heterocycles. The van der Waals surface area contributed by atoms with Gasteiger partial charge in [0.1, 0.15) is 0 Å². The van der Waals surface area contributed by atoms with Crippen molar-refractivity contribution in [2.45, 2.75) is 19.3 Å². The van der Waals surface area contributed by atoms with Crippen LogP contribution < -0.4 is 0 Å². The number of phenols is 1. The summed E-state index contributed by atoms with van der Waals surface area (Å²) in [6.07, 6.45) is 0.638. The third-order valence-corrected chi connectivity index (χ3v) is 3.57. The van der Waals surface area contributed by atoms with Crippen LogP contribution in [0.4, 0.5) is 17.1 Å². The molecule has 0 heterocycles. The number of carboxylic acid groups (broad SMARTS) is 1. The highest BCUT2D eigenvalue weighted by Gasteiger charge is 2.30. The maximum absolute atomic E-state index is 10.7. The molecule has 12 heteroatoms. The van der Waals surface area contributed by atoms with Gasteiger partial charge in [0.05, 0.1) is 32.8 Å². The van der Waals surface area contributed by atoms with E-state index in [1.54, 1.807) is 0 Å². The van der Waals surface area contributed by atoms with Crippen molar-refractivity contribution in [2.75, 3.05) is 0 Å². The van der Waals surface area contributed by atoms with Gasteiger partial charge in [-0.3, -0.25) is 35.1 Å². The topological polar surface area (TPSA) is 187 Å². The molecule has 0 aromatic heterocycles. The summed E-state index contributed by atoms with van der Waals surface area (Å²) < 4.78 is 0. The van der Waals surface area contributed by atoms with Crippen LogP contribution in [0.3, 0.4) is 0 Å². The molecule has 1 unspecified atom stereocenters. The van der Waals surface area contributed by atoms with E-state index in [1.165, 1.54) is 0 Å². The van der Waals surface area contributed by atoms with Crippen LogP contribution in [-0.2, 0) is 4.79 Å². The van der Waals surface area contributed by atoms with Crippen molar-refractivity contribution in [2.24, 2.45) is 0 Å². The molecule has 0 fully saturated rings. The molecule has 2 aromatic carbocycles. The molecule has 0 aliphatic carbocycles. The minimum atomic E-state index is -1.21. The minimum absolute atomic E-state index is 0.355. The van der Waals surface area contributed by atoms with Gasteiger partial charge in [-0.1, -0.05) is 37.3 Å². The Bertz CT molecular complexity index is 864. The van der Waals surface area contributed by atoms with Crippen LogP contribution in [0, 0.1) is 30.3 Å². The number of nitrogens with zero attached hydrogens (tertiary/aromatic N) is 3. The van der Waals surface area contributed by atoms with E-state index in [2.05, 4.69) is 0 Å². The van der Waals surface area contributed by atoms with Crippen LogP contribution >= 0.6 is 0 Å². The molecule has 1 atom stereocenters. The fourth-order valence-electron chi connectivity index (χ4n) is 2.21. The molecule has 28 heavy (non-hydrogen) atoms. The Labute approximate surface area is 157 Å². The van der Waals surface area contributed by atoms with E-state index in [1.807, 2.05) is 37.3 Å². The van der Waals surface area contributed by atoms with Gasteiger partial charge in [0.2, 0.25) is 0 Å². The third-order valence-electron chi connectivity index (χ3n) is 3.57. The highest BCUT2D eigenvalue weighted by atomic mass is 16.6. The summed E-state index contributed by atoms with van der Waals surface area (Å²) in [5.74, 6) is -2.31. The Morgan fingerprint density at radius 3 is 1.75 bits per heavy atom. The van der Waals surface area contributed by atoms with E-state index >= 15 is 0 Å². The first-order valence-electron chi connectivity index (χ1n) is 7.68. The number of benzene rings is 2. The minimum Gasteiger partial charge on any atom is -0.497 e.